The molecule has 2 rings (SSSR count). The topological polar surface area (TPSA) is 56.8 Å². The first kappa shape index (κ1) is 20.8. The van der Waals surface area contributed by atoms with Gasteiger partial charge >= 0.3 is 0 Å². The van der Waals surface area contributed by atoms with Crippen LogP contribution in [0.3, 0.4) is 0 Å². The molecule has 0 radical (unpaired) electrons. The molecule has 0 saturated carbocycles. The molecule has 1 amide bonds. The maximum absolute atomic E-state index is 12.6. The number of rotatable bonds is 9. The fourth-order valence-electron chi connectivity index (χ4n) is 2.52. The molecule has 0 spiro atoms. The van der Waals surface area contributed by atoms with Gasteiger partial charge in [0.05, 0.1) is 27.0 Å². The molecule has 0 saturated heterocycles. The van der Waals surface area contributed by atoms with Crippen LogP contribution in [-0.2, 0) is 11.2 Å². The second-order valence-corrected chi connectivity index (χ2v) is 6.49. The van der Waals surface area contributed by atoms with Gasteiger partial charge in [0.1, 0.15) is 0 Å². The van der Waals surface area contributed by atoms with E-state index in [1.54, 1.807) is 36.4 Å². The molecule has 5 nitrogen and oxygen atoms in total. The van der Waals surface area contributed by atoms with Crippen molar-refractivity contribution in [2.75, 3.05) is 26.6 Å². The Morgan fingerprint density at radius 3 is 2.26 bits per heavy atom. The normalized spacial score (nSPS) is 10.6. The van der Waals surface area contributed by atoms with Crippen molar-refractivity contribution in [3.05, 3.63) is 42.0 Å². The average molecular weight is 397 g/mol. The molecule has 0 atom stereocenters. The lowest BCUT2D eigenvalue weighted by Crippen LogP contribution is -2.13. The van der Waals surface area contributed by atoms with Crippen LogP contribution in [-0.4, -0.2) is 33.0 Å². The molecule has 2 aromatic rings. The van der Waals surface area contributed by atoms with E-state index in [2.05, 4.69) is 5.32 Å². The standard InChI is InChI=1S/C19H21F2NO4S/c1-24-14-10-12(11-15(25-2)18(14)26-3)8-9-17(23)22-13-6-4-5-7-16(13)27-19(20)21/h4-7,10-11,19H,8-9H2,1-3H3,(H,22,23). The Hall–Kier alpha value is -2.48. The molecule has 0 aromatic heterocycles. The third kappa shape index (κ3) is 5.75. The van der Waals surface area contributed by atoms with Gasteiger partial charge in [-0.2, -0.15) is 8.78 Å². The Kier molecular flexibility index (Phi) is 7.72. The van der Waals surface area contributed by atoms with Crippen molar-refractivity contribution < 1.29 is 27.8 Å². The highest BCUT2D eigenvalue weighted by Gasteiger charge is 2.15. The van der Waals surface area contributed by atoms with E-state index < -0.39 is 5.76 Å². The lowest BCUT2D eigenvalue weighted by Gasteiger charge is -2.14. The smallest absolute Gasteiger partial charge is 0.288 e. The molecular formula is C19H21F2NO4S. The van der Waals surface area contributed by atoms with E-state index in [1.807, 2.05) is 0 Å². The number of para-hydroxylation sites is 1. The predicted octanol–water partition coefficient (Wildman–Crippen LogP) is 4.60. The molecule has 1 N–H and O–H groups in total. The number of anilines is 1. The van der Waals surface area contributed by atoms with Gasteiger partial charge in [0.25, 0.3) is 5.76 Å². The maximum atomic E-state index is 12.6. The minimum atomic E-state index is -2.55. The summed E-state index contributed by atoms with van der Waals surface area (Å²) in [6.07, 6.45) is 0.596. The van der Waals surface area contributed by atoms with Crippen LogP contribution in [0.1, 0.15) is 12.0 Å². The number of nitrogens with one attached hydrogen (secondary N) is 1. The molecule has 0 heterocycles. The Balaban J connectivity index is 2.06. The van der Waals surface area contributed by atoms with E-state index >= 15 is 0 Å². The Labute approximate surface area is 161 Å². The summed E-state index contributed by atoms with van der Waals surface area (Å²) in [7, 11) is 4.55. The molecule has 8 heteroatoms. The number of thioether (sulfide) groups is 1. The highest BCUT2D eigenvalue weighted by molar-refractivity contribution is 7.99. The zero-order valence-corrected chi connectivity index (χ0v) is 16.1. The van der Waals surface area contributed by atoms with Crippen molar-refractivity contribution in [2.24, 2.45) is 0 Å². The van der Waals surface area contributed by atoms with Crippen molar-refractivity contribution in [1.29, 1.82) is 0 Å². The fourth-order valence-corrected chi connectivity index (χ4v) is 3.11. The van der Waals surface area contributed by atoms with E-state index in [4.69, 9.17) is 14.2 Å². The molecule has 0 aliphatic heterocycles. The second kappa shape index (κ2) is 10.0. The second-order valence-electron chi connectivity index (χ2n) is 5.46. The first-order chi connectivity index (χ1) is 13.0. The molecule has 0 bridgehead atoms. The first-order valence-electron chi connectivity index (χ1n) is 8.11. The van der Waals surface area contributed by atoms with Gasteiger partial charge in [0.15, 0.2) is 11.5 Å². The lowest BCUT2D eigenvalue weighted by atomic mass is 10.1. The Morgan fingerprint density at radius 2 is 1.70 bits per heavy atom. The fraction of sp³-hybridized carbons (Fsp3) is 0.316. The van der Waals surface area contributed by atoms with Gasteiger partial charge in [-0.3, -0.25) is 4.79 Å². The van der Waals surface area contributed by atoms with Crippen LogP contribution < -0.4 is 19.5 Å². The highest BCUT2D eigenvalue weighted by Crippen LogP contribution is 2.38. The van der Waals surface area contributed by atoms with Gasteiger partial charge in [-0.1, -0.05) is 23.9 Å². The molecule has 0 fully saturated rings. The summed E-state index contributed by atoms with van der Waals surface area (Å²) in [5.41, 5.74) is 1.20. The van der Waals surface area contributed by atoms with Gasteiger partial charge in [-0.05, 0) is 36.2 Å². The zero-order chi connectivity index (χ0) is 19.8. The van der Waals surface area contributed by atoms with E-state index in [1.165, 1.54) is 21.3 Å². The third-order valence-electron chi connectivity index (χ3n) is 3.74. The molecule has 27 heavy (non-hydrogen) atoms. The van der Waals surface area contributed by atoms with Gasteiger partial charge < -0.3 is 19.5 Å². The number of alkyl halides is 2. The number of halogens is 2. The van der Waals surface area contributed by atoms with Crippen molar-refractivity contribution >= 4 is 23.4 Å². The van der Waals surface area contributed by atoms with E-state index in [9.17, 15) is 13.6 Å². The van der Waals surface area contributed by atoms with E-state index in [0.717, 1.165) is 5.56 Å². The van der Waals surface area contributed by atoms with Crippen molar-refractivity contribution in [3.8, 4) is 17.2 Å². The summed E-state index contributed by atoms with van der Waals surface area (Å²) < 4.78 is 41.1. The van der Waals surface area contributed by atoms with Crippen molar-refractivity contribution in [3.63, 3.8) is 0 Å². The van der Waals surface area contributed by atoms with Crippen LogP contribution in [0.5, 0.6) is 17.2 Å². The van der Waals surface area contributed by atoms with Crippen LogP contribution in [0.4, 0.5) is 14.5 Å². The number of carbonyl (C=O) groups is 1. The molecule has 146 valence electrons. The lowest BCUT2D eigenvalue weighted by molar-refractivity contribution is -0.116. The molecule has 0 aliphatic rings. The van der Waals surface area contributed by atoms with E-state index in [-0.39, 0.29) is 12.3 Å². The largest absolute Gasteiger partial charge is 0.493 e. The average Bonchev–Trinajstić information content (AvgIpc) is 2.66. The van der Waals surface area contributed by atoms with E-state index in [0.29, 0.717) is 46.0 Å². The van der Waals surface area contributed by atoms with Crippen molar-refractivity contribution in [2.45, 2.75) is 23.5 Å². The minimum Gasteiger partial charge on any atom is -0.493 e. The number of ether oxygens (including phenoxy) is 3. The number of hydrogen-bond acceptors (Lipinski definition) is 5. The summed E-state index contributed by atoms with van der Waals surface area (Å²) >= 11 is 0.400. The minimum absolute atomic E-state index is 0.173. The summed E-state index contributed by atoms with van der Waals surface area (Å²) in [4.78, 5) is 12.6. The van der Waals surface area contributed by atoms with Gasteiger partial charge in [-0.25, -0.2) is 0 Å². The SMILES string of the molecule is COc1cc(CCC(=O)Nc2ccccc2SC(F)F)cc(OC)c1OC. The Morgan fingerprint density at radius 1 is 1.07 bits per heavy atom. The highest BCUT2D eigenvalue weighted by atomic mass is 32.2. The maximum Gasteiger partial charge on any atom is 0.288 e. The van der Waals surface area contributed by atoms with Crippen molar-refractivity contribution in [1.82, 2.24) is 0 Å². The number of aryl methyl sites for hydroxylation is 1. The summed E-state index contributed by atoms with van der Waals surface area (Å²) in [5, 5.41) is 2.69. The predicted molar refractivity (Wildman–Crippen MR) is 101 cm³/mol. The number of methoxy groups -OCH3 is 3. The zero-order valence-electron chi connectivity index (χ0n) is 15.3. The molecular weight excluding hydrogens is 376 g/mol. The number of amides is 1. The van der Waals surface area contributed by atoms with Crippen LogP contribution in [0.25, 0.3) is 0 Å². The van der Waals surface area contributed by atoms with Crippen LogP contribution in [0.15, 0.2) is 41.3 Å². The molecule has 0 aliphatic carbocycles. The summed E-state index contributed by atoms with van der Waals surface area (Å²) in [5.74, 6) is -1.34. The quantitative estimate of drug-likeness (QED) is 0.627. The van der Waals surface area contributed by atoms with Crippen LogP contribution in [0.2, 0.25) is 0 Å². The van der Waals surface area contributed by atoms with Gasteiger partial charge in [-0.15, -0.1) is 0 Å². The summed E-state index contributed by atoms with van der Waals surface area (Å²) in [6.45, 7) is 0. The van der Waals surface area contributed by atoms with Gasteiger partial charge in [0.2, 0.25) is 11.7 Å². The summed E-state index contributed by atoms with van der Waals surface area (Å²) in [6, 6.07) is 10.0. The molecule has 2 aromatic carbocycles. The monoisotopic (exact) mass is 397 g/mol. The number of carbonyl (C=O) groups excluding carboxylic acids is 1. The van der Waals surface area contributed by atoms with Gasteiger partial charge in [0, 0.05) is 11.3 Å². The number of hydrogen-bond donors (Lipinski definition) is 1. The van der Waals surface area contributed by atoms with Crippen LogP contribution in [0, 0.1) is 0 Å². The first-order valence-corrected chi connectivity index (χ1v) is 8.99. The third-order valence-corrected chi connectivity index (χ3v) is 4.53. The molecule has 0 unspecified atom stereocenters. The Bertz CT molecular complexity index is 761. The van der Waals surface area contributed by atoms with Crippen LogP contribution >= 0.6 is 11.8 Å². The number of benzene rings is 2.